The van der Waals surface area contributed by atoms with Crippen LogP contribution in [0.15, 0.2) is 60.7 Å². The van der Waals surface area contributed by atoms with Gasteiger partial charge in [-0.3, -0.25) is 4.79 Å². The number of hydrogen-bond donors (Lipinski definition) is 0. The van der Waals surface area contributed by atoms with Crippen molar-refractivity contribution in [1.29, 1.82) is 0 Å². The Bertz CT molecular complexity index is 667. The lowest BCUT2D eigenvalue weighted by Crippen LogP contribution is -2.09. The topological polar surface area (TPSA) is 17.1 Å². The predicted octanol–water partition coefficient (Wildman–Crippen LogP) is 4.78. The van der Waals surface area contributed by atoms with Crippen LogP contribution < -0.4 is 0 Å². The van der Waals surface area contributed by atoms with Gasteiger partial charge in [0.1, 0.15) is 0 Å². The van der Waals surface area contributed by atoms with Gasteiger partial charge in [-0.25, -0.2) is 0 Å². The maximum absolute atomic E-state index is 12.1. The van der Waals surface area contributed by atoms with Gasteiger partial charge in [-0.2, -0.15) is 0 Å². The van der Waals surface area contributed by atoms with Crippen LogP contribution in [-0.4, -0.2) is 5.78 Å². The van der Waals surface area contributed by atoms with Crippen LogP contribution in [0.5, 0.6) is 0 Å². The van der Waals surface area contributed by atoms with E-state index in [-0.39, 0.29) is 5.78 Å². The first-order valence-electron chi connectivity index (χ1n) is 7.61. The van der Waals surface area contributed by atoms with Crippen molar-refractivity contribution in [2.75, 3.05) is 0 Å². The number of allylic oxidation sites excluding steroid dienone is 2. The highest BCUT2D eigenvalue weighted by Gasteiger charge is 2.19. The molecule has 0 spiro atoms. The predicted molar refractivity (Wildman–Crippen MR) is 87.2 cm³/mol. The van der Waals surface area contributed by atoms with Gasteiger partial charge in [0.05, 0.1) is 0 Å². The molecule has 21 heavy (non-hydrogen) atoms. The largest absolute Gasteiger partial charge is 0.295 e. The second-order valence-corrected chi connectivity index (χ2v) is 5.70. The first kappa shape index (κ1) is 13.8. The zero-order valence-corrected chi connectivity index (χ0v) is 12.4. The van der Waals surface area contributed by atoms with Crippen LogP contribution >= 0.6 is 0 Å². The lowest BCUT2D eigenvalue weighted by Gasteiger charge is -2.23. The number of Topliss-reactive ketones (excluding diaryl/α,β-unsaturated/α-hetero) is 1. The van der Waals surface area contributed by atoms with Gasteiger partial charge in [0.2, 0.25) is 0 Å². The molecule has 2 aromatic rings. The summed E-state index contributed by atoms with van der Waals surface area (Å²) < 4.78 is 0. The summed E-state index contributed by atoms with van der Waals surface area (Å²) in [5.74, 6) is 0.498. The maximum Gasteiger partial charge on any atom is 0.160 e. The molecule has 0 N–H and O–H groups in total. The lowest BCUT2D eigenvalue weighted by atomic mass is 9.81. The van der Waals surface area contributed by atoms with Crippen molar-refractivity contribution < 1.29 is 4.79 Å². The molecule has 0 amide bonds. The van der Waals surface area contributed by atoms with E-state index in [0.29, 0.717) is 5.92 Å². The fraction of sp³-hybridized carbons (Fsp3) is 0.250. The highest BCUT2D eigenvalue weighted by atomic mass is 16.1. The molecule has 0 heterocycles. The Kier molecular flexibility index (Phi) is 4.01. The van der Waals surface area contributed by atoms with Gasteiger partial charge >= 0.3 is 0 Å². The van der Waals surface area contributed by atoms with Crippen LogP contribution in [0.1, 0.15) is 42.4 Å². The van der Waals surface area contributed by atoms with E-state index in [4.69, 9.17) is 0 Å². The average molecular weight is 276 g/mol. The Morgan fingerprint density at radius 2 is 1.76 bits per heavy atom. The van der Waals surface area contributed by atoms with E-state index >= 15 is 0 Å². The highest BCUT2D eigenvalue weighted by molar-refractivity contribution is 6.19. The summed E-state index contributed by atoms with van der Waals surface area (Å²) in [7, 11) is 0. The van der Waals surface area contributed by atoms with E-state index in [1.165, 1.54) is 17.5 Å². The zero-order valence-electron chi connectivity index (χ0n) is 12.4. The molecule has 106 valence electrons. The third-order valence-electron chi connectivity index (χ3n) is 4.25. The van der Waals surface area contributed by atoms with Crippen LogP contribution in [0.2, 0.25) is 0 Å². The molecule has 1 nitrogen and oxygen atoms in total. The molecule has 0 radical (unpaired) electrons. The highest BCUT2D eigenvalue weighted by Crippen LogP contribution is 2.34. The Hall–Kier alpha value is -2.15. The molecule has 1 aliphatic rings. The first-order chi connectivity index (χ1) is 10.3. The van der Waals surface area contributed by atoms with Crippen molar-refractivity contribution in [2.24, 2.45) is 0 Å². The summed E-state index contributed by atoms with van der Waals surface area (Å²) in [6, 6.07) is 18.6. The Labute approximate surface area is 126 Å². The van der Waals surface area contributed by atoms with Crippen molar-refractivity contribution in [3.05, 3.63) is 77.4 Å². The molecule has 3 rings (SSSR count). The van der Waals surface area contributed by atoms with E-state index in [0.717, 1.165) is 24.0 Å². The molecule has 0 aliphatic heterocycles. The number of hydrogen-bond acceptors (Lipinski definition) is 1. The minimum Gasteiger partial charge on any atom is -0.295 e. The molecular formula is C20H20O. The number of aryl methyl sites for hydroxylation is 1. The first-order valence-corrected chi connectivity index (χ1v) is 7.61. The summed E-state index contributed by atoms with van der Waals surface area (Å²) in [6.45, 7) is 1.66. The minimum atomic E-state index is 0.143. The van der Waals surface area contributed by atoms with Crippen molar-refractivity contribution in [3.63, 3.8) is 0 Å². The molecule has 2 aromatic carbocycles. The van der Waals surface area contributed by atoms with E-state index in [9.17, 15) is 4.79 Å². The number of rotatable bonds is 3. The molecule has 0 fully saturated rings. The second kappa shape index (κ2) is 6.09. The van der Waals surface area contributed by atoms with Crippen LogP contribution in [0.3, 0.4) is 0 Å². The molecule has 0 saturated heterocycles. The van der Waals surface area contributed by atoms with Crippen molar-refractivity contribution in [2.45, 2.75) is 32.1 Å². The van der Waals surface area contributed by atoms with Crippen molar-refractivity contribution in [3.8, 4) is 0 Å². The summed E-state index contributed by atoms with van der Waals surface area (Å²) >= 11 is 0. The Morgan fingerprint density at radius 3 is 2.52 bits per heavy atom. The third-order valence-corrected chi connectivity index (χ3v) is 4.25. The van der Waals surface area contributed by atoms with Crippen LogP contribution in [0, 0.1) is 0 Å². The third kappa shape index (κ3) is 2.97. The Balaban J connectivity index is 2.02. The summed E-state index contributed by atoms with van der Waals surface area (Å²) in [5.41, 5.74) is 4.68. The average Bonchev–Trinajstić information content (AvgIpc) is 2.53. The van der Waals surface area contributed by atoms with Gasteiger partial charge in [0, 0.05) is 11.5 Å². The monoisotopic (exact) mass is 276 g/mol. The molecule has 0 bridgehead atoms. The molecule has 0 saturated carbocycles. The number of ketones is 1. The summed E-state index contributed by atoms with van der Waals surface area (Å²) in [5, 5.41) is 0. The molecule has 1 heteroatoms. The van der Waals surface area contributed by atoms with Crippen molar-refractivity contribution in [1.82, 2.24) is 0 Å². The quantitative estimate of drug-likeness (QED) is 0.737. The normalized spacial score (nSPS) is 18.1. The van der Waals surface area contributed by atoms with Gasteiger partial charge in [-0.05, 0) is 42.9 Å². The number of fused-ring (bicyclic) bond motifs is 1. The van der Waals surface area contributed by atoms with Gasteiger partial charge in [0.25, 0.3) is 0 Å². The number of carbonyl (C=O) groups excluding carboxylic acids is 1. The smallest absolute Gasteiger partial charge is 0.160 e. The summed E-state index contributed by atoms with van der Waals surface area (Å²) in [6.07, 6.45) is 5.65. The van der Waals surface area contributed by atoms with Crippen LogP contribution in [0.25, 0.3) is 5.57 Å². The Morgan fingerprint density at radius 1 is 1.05 bits per heavy atom. The number of benzene rings is 2. The van der Waals surface area contributed by atoms with Crippen LogP contribution in [-0.2, 0) is 11.2 Å². The van der Waals surface area contributed by atoms with Crippen molar-refractivity contribution >= 4 is 11.4 Å². The molecule has 1 atom stereocenters. The fourth-order valence-electron chi connectivity index (χ4n) is 3.20. The van der Waals surface area contributed by atoms with E-state index < -0.39 is 0 Å². The van der Waals surface area contributed by atoms with Gasteiger partial charge in [-0.15, -0.1) is 0 Å². The standard InChI is InChI=1S/C20H20O/c1-15(21)20(17-8-3-2-4-9-17)14-18-12-7-11-16-10-5-6-13-19(16)18/h2-6,8-10,13-14,18H,7,11-12H2,1H3/b20-14+. The number of carbonyl (C=O) groups is 1. The van der Waals surface area contributed by atoms with Gasteiger partial charge in [0.15, 0.2) is 5.78 Å². The molecule has 1 aliphatic carbocycles. The zero-order chi connectivity index (χ0) is 14.7. The maximum atomic E-state index is 12.1. The molecule has 1 unspecified atom stereocenters. The second-order valence-electron chi connectivity index (χ2n) is 5.70. The van der Waals surface area contributed by atoms with Crippen LogP contribution in [0.4, 0.5) is 0 Å². The van der Waals surface area contributed by atoms with Gasteiger partial charge in [-0.1, -0.05) is 60.7 Å². The summed E-state index contributed by atoms with van der Waals surface area (Å²) in [4.78, 5) is 12.1. The van der Waals surface area contributed by atoms with E-state index in [1.807, 2.05) is 30.3 Å². The van der Waals surface area contributed by atoms with Gasteiger partial charge < -0.3 is 0 Å². The lowest BCUT2D eigenvalue weighted by molar-refractivity contribution is -0.111. The van der Waals surface area contributed by atoms with E-state index in [2.05, 4.69) is 30.3 Å². The molecular weight excluding hydrogens is 256 g/mol. The van der Waals surface area contributed by atoms with E-state index in [1.54, 1.807) is 6.92 Å². The SMILES string of the molecule is CC(=O)/C(=C\C1CCCc2ccccc21)c1ccccc1. The minimum absolute atomic E-state index is 0.143. The fourth-order valence-corrected chi connectivity index (χ4v) is 3.20. The molecule has 0 aromatic heterocycles.